The number of ketones is 1. The standard InChI is InChI=1S/C17H30N2O4/c1-10(2)14(20)13-11(3)7-8-19(13)15(21)12(18-16(22)23)9-17(4,5)6/h10-13,18H,7-9H2,1-6H3,(H,22,23)/t11-,12?,13+/m1/s1. The minimum absolute atomic E-state index is 0.0492. The summed E-state index contributed by atoms with van der Waals surface area (Å²) in [6, 6.07) is -1.26. The normalized spacial score (nSPS) is 23.0. The predicted molar refractivity (Wildman–Crippen MR) is 88.1 cm³/mol. The fourth-order valence-electron chi connectivity index (χ4n) is 3.13. The van der Waals surface area contributed by atoms with Crippen LogP contribution < -0.4 is 5.32 Å². The highest BCUT2D eigenvalue weighted by atomic mass is 16.4. The summed E-state index contributed by atoms with van der Waals surface area (Å²) in [4.78, 5) is 38.0. The van der Waals surface area contributed by atoms with Gasteiger partial charge in [-0.15, -0.1) is 0 Å². The average molecular weight is 326 g/mol. The second kappa shape index (κ2) is 7.32. The van der Waals surface area contributed by atoms with Crippen molar-refractivity contribution in [2.24, 2.45) is 17.3 Å². The van der Waals surface area contributed by atoms with E-state index in [2.05, 4.69) is 5.32 Å². The van der Waals surface area contributed by atoms with Crippen LogP contribution in [-0.2, 0) is 9.59 Å². The third-order valence-electron chi connectivity index (χ3n) is 4.26. The van der Waals surface area contributed by atoms with Crippen LogP contribution in [0.3, 0.4) is 0 Å². The highest BCUT2D eigenvalue weighted by Crippen LogP contribution is 2.29. The lowest BCUT2D eigenvalue weighted by Gasteiger charge is -2.32. The molecular formula is C17H30N2O4. The number of Topliss-reactive ketones (excluding diaryl/α,β-unsaturated/α-hetero) is 1. The van der Waals surface area contributed by atoms with Crippen molar-refractivity contribution in [1.82, 2.24) is 10.2 Å². The number of amides is 2. The van der Waals surface area contributed by atoms with Gasteiger partial charge in [0.1, 0.15) is 6.04 Å². The van der Waals surface area contributed by atoms with Crippen LogP contribution in [0, 0.1) is 17.3 Å². The van der Waals surface area contributed by atoms with Crippen LogP contribution in [0.25, 0.3) is 0 Å². The van der Waals surface area contributed by atoms with Crippen LogP contribution >= 0.6 is 0 Å². The van der Waals surface area contributed by atoms with Gasteiger partial charge < -0.3 is 15.3 Å². The first-order valence-corrected chi connectivity index (χ1v) is 8.27. The van der Waals surface area contributed by atoms with Gasteiger partial charge in [-0.25, -0.2) is 4.79 Å². The minimum atomic E-state index is -1.22. The molecule has 6 heteroatoms. The molecule has 2 N–H and O–H groups in total. The average Bonchev–Trinajstić information content (AvgIpc) is 2.75. The molecule has 6 nitrogen and oxygen atoms in total. The Morgan fingerprint density at radius 2 is 1.83 bits per heavy atom. The van der Waals surface area contributed by atoms with Gasteiger partial charge in [0.05, 0.1) is 6.04 Å². The molecule has 0 aromatic carbocycles. The molecule has 1 heterocycles. The maximum absolute atomic E-state index is 12.9. The lowest BCUT2D eigenvalue weighted by Crippen LogP contribution is -2.53. The zero-order valence-electron chi connectivity index (χ0n) is 15.0. The fraction of sp³-hybridized carbons (Fsp3) is 0.824. The quantitative estimate of drug-likeness (QED) is 0.813. The number of hydrogen-bond acceptors (Lipinski definition) is 3. The van der Waals surface area contributed by atoms with Crippen LogP contribution in [0.5, 0.6) is 0 Å². The van der Waals surface area contributed by atoms with Gasteiger partial charge in [0.2, 0.25) is 5.91 Å². The van der Waals surface area contributed by atoms with E-state index in [0.717, 1.165) is 6.42 Å². The Kier molecular flexibility index (Phi) is 6.19. The molecule has 0 radical (unpaired) electrons. The van der Waals surface area contributed by atoms with Crippen molar-refractivity contribution in [3.63, 3.8) is 0 Å². The molecule has 0 bridgehead atoms. The Balaban J connectivity index is 3.01. The summed E-state index contributed by atoms with van der Waals surface area (Å²) in [5, 5.41) is 11.4. The first-order chi connectivity index (χ1) is 10.4. The molecule has 1 fully saturated rings. The summed E-state index contributed by atoms with van der Waals surface area (Å²) in [6.07, 6.45) is -0.0536. The van der Waals surface area contributed by atoms with E-state index in [1.807, 2.05) is 41.5 Å². The van der Waals surface area contributed by atoms with Crippen LogP contribution in [0.1, 0.15) is 54.4 Å². The van der Waals surface area contributed by atoms with Crippen molar-refractivity contribution in [1.29, 1.82) is 0 Å². The van der Waals surface area contributed by atoms with E-state index < -0.39 is 18.2 Å². The molecule has 23 heavy (non-hydrogen) atoms. The van der Waals surface area contributed by atoms with Crippen molar-refractivity contribution in [2.45, 2.75) is 66.5 Å². The SMILES string of the molecule is CC(C)C(=O)[C@@H]1[C@H](C)CCN1C(=O)C(CC(C)(C)C)NC(=O)O. The highest BCUT2D eigenvalue weighted by Gasteiger charge is 2.42. The van der Waals surface area contributed by atoms with Gasteiger partial charge in [0.25, 0.3) is 0 Å². The van der Waals surface area contributed by atoms with Gasteiger partial charge in [-0.3, -0.25) is 9.59 Å². The van der Waals surface area contributed by atoms with E-state index in [1.165, 1.54) is 0 Å². The zero-order chi connectivity index (χ0) is 17.9. The third-order valence-corrected chi connectivity index (χ3v) is 4.26. The topological polar surface area (TPSA) is 86.7 Å². The molecule has 2 amide bonds. The lowest BCUT2D eigenvalue weighted by atomic mass is 9.87. The first-order valence-electron chi connectivity index (χ1n) is 8.27. The Bertz CT molecular complexity index is 468. The van der Waals surface area contributed by atoms with Gasteiger partial charge in [-0.2, -0.15) is 0 Å². The molecule has 0 saturated carbocycles. The van der Waals surface area contributed by atoms with E-state index in [9.17, 15) is 14.4 Å². The summed E-state index contributed by atoms with van der Waals surface area (Å²) in [7, 11) is 0. The predicted octanol–water partition coefficient (Wildman–Crippen LogP) is 2.52. The molecule has 0 aromatic rings. The molecule has 1 rings (SSSR count). The first kappa shape index (κ1) is 19.5. The molecule has 1 aliphatic rings. The van der Waals surface area contributed by atoms with Crippen molar-refractivity contribution < 1.29 is 19.5 Å². The smallest absolute Gasteiger partial charge is 0.405 e. The van der Waals surface area contributed by atoms with E-state index >= 15 is 0 Å². The largest absolute Gasteiger partial charge is 0.465 e. The number of likely N-dealkylation sites (tertiary alicyclic amines) is 1. The number of carbonyl (C=O) groups excluding carboxylic acids is 2. The number of nitrogens with one attached hydrogen (secondary N) is 1. The summed E-state index contributed by atoms with van der Waals surface area (Å²) in [6.45, 7) is 12.0. The van der Waals surface area contributed by atoms with Crippen molar-refractivity contribution in [2.75, 3.05) is 6.54 Å². The minimum Gasteiger partial charge on any atom is -0.465 e. The molecule has 1 saturated heterocycles. The van der Waals surface area contributed by atoms with Crippen LogP contribution in [0.4, 0.5) is 4.79 Å². The molecule has 3 atom stereocenters. The van der Waals surface area contributed by atoms with Crippen LogP contribution in [0.2, 0.25) is 0 Å². The van der Waals surface area contributed by atoms with Crippen molar-refractivity contribution in [3.05, 3.63) is 0 Å². The maximum Gasteiger partial charge on any atom is 0.405 e. The highest BCUT2D eigenvalue weighted by molar-refractivity contribution is 5.93. The summed E-state index contributed by atoms with van der Waals surface area (Å²) < 4.78 is 0. The zero-order valence-corrected chi connectivity index (χ0v) is 15.0. The van der Waals surface area contributed by atoms with E-state index in [-0.39, 0.29) is 28.9 Å². The molecular weight excluding hydrogens is 296 g/mol. The Morgan fingerprint density at radius 3 is 2.26 bits per heavy atom. The van der Waals surface area contributed by atoms with Gasteiger partial charge in [0.15, 0.2) is 5.78 Å². The van der Waals surface area contributed by atoms with Crippen molar-refractivity contribution >= 4 is 17.8 Å². The lowest BCUT2D eigenvalue weighted by molar-refractivity contribution is -0.141. The Morgan fingerprint density at radius 1 is 1.26 bits per heavy atom. The van der Waals surface area contributed by atoms with Gasteiger partial charge in [0, 0.05) is 12.5 Å². The molecule has 1 aliphatic heterocycles. The maximum atomic E-state index is 12.9. The number of hydrogen-bond donors (Lipinski definition) is 2. The summed E-state index contributed by atoms with van der Waals surface area (Å²) >= 11 is 0. The Labute approximate surface area is 138 Å². The van der Waals surface area contributed by atoms with Crippen LogP contribution in [-0.4, -0.2) is 46.4 Å². The van der Waals surface area contributed by atoms with Gasteiger partial charge >= 0.3 is 6.09 Å². The van der Waals surface area contributed by atoms with E-state index in [0.29, 0.717) is 13.0 Å². The van der Waals surface area contributed by atoms with Gasteiger partial charge in [-0.1, -0.05) is 41.5 Å². The molecule has 0 aliphatic carbocycles. The monoisotopic (exact) mass is 326 g/mol. The number of rotatable bonds is 5. The third kappa shape index (κ3) is 5.22. The molecule has 1 unspecified atom stereocenters. The second-order valence-electron chi connectivity index (χ2n) is 8.07. The number of nitrogens with zero attached hydrogens (tertiary/aromatic N) is 1. The molecule has 0 aromatic heterocycles. The number of carboxylic acid groups (broad SMARTS) is 1. The Hall–Kier alpha value is -1.59. The van der Waals surface area contributed by atoms with E-state index in [4.69, 9.17) is 5.11 Å². The number of carbonyl (C=O) groups is 3. The van der Waals surface area contributed by atoms with Gasteiger partial charge in [-0.05, 0) is 24.2 Å². The molecule has 0 spiro atoms. The van der Waals surface area contributed by atoms with Crippen LogP contribution in [0.15, 0.2) is 0 Å². The summed E-state index contributed by atoms with van der Waals surface area (Å²) in [5.41, 5.74) is -0.203. The van der Waals surface area contributed by atoms with E-state index in [1.54, 1.807) is 4.90 Å². The molecule has 132 valence electrons. The fourth-order valence-corrected chi connectivity index (χ4v) is 3.13. The second-order valence-corrected chi connectivity index (χ2v) is 8.07. The van der Waals surface area contributed by atoms with Crippen molar-refractivity contribution in [3.8, 4) is 0 Å². The summed E-state index contributed by atoms with van der Waals surface area (Å²) in [5.74, 6) is -0.280.